The predicted octanol–water partition coefficient (Wildman–Crippen LogP) is 1.93. The Labute approximate surface area is 124 Å². The van der Waals surface area contributed by atoms with Gasteiger partial charge in [-0.1, -0.05) is 29.4 Å². The quantitative estimate of drug-likeness (QED) is 0.843. The summed E-state index contributed by atoms with van der Waals surface area (Å²) < 4.78 is 5.35. The lowest BCUT2D eigenvalue weighted by Crippen LogP contribution is -2.28. The standard InChI is InChI=1S/C16H21N3O2/c1-12-4-2-3-5-13(12)10-15-17-16(21-18-15)11-19(8-9-20)14-6-7-14/h2-5,14,20H,6-11H2,1H3. The van der Waals surface area contributed by atoms with Crippen LogP contribution in [0, 0.1) is 6.92 Å². The predicted molar refractivity (Wildman–Crippen MR) is 78.8 cm³/mol. The number of hydrogen-bond acceptors (Lipinski definition) is 5. The Morgan fingerprint density at radius 1 is 1.33 bits per heavy atom. The molecular formula is C16H21N3O2. The van der Waals surface area contributed by atoms with Gasteiger partial charge in [0, 0.05) is 19.0 Å². The molecular weight excluding hydrogens is 266 g/mol. The van der Waals surface area contributed by atoms with Crippen LogP contribution in [0.25, 0.3) is 0 Å². The van der Waals surface area contributed by atoms with Gasteiger partial charge in [0.2, 0.25) is 5.89 Å². The van der Waals surface area contributed by atoms with Crippen LogP contribution in [0.2, 0.25) is 0 Å². The Morgan fingerprint density at radius 3 is 2.86 bits per heavy atom. The van der Waals surface area contributed by atoms with Gasteiger partial charge in [-0.2, -0.15) is 4.98 Å². The second kappa shape index (κ2) is 6.37. The Morgan fingerprint density at radius 2 is 2.14 bits per heavy atom. The molecule has 0 bridgehead atoms. The van der Waals surface area contributed by atoms with Crippen molar-refractivity contribution in [2.45, 2.75) is 38.8 Å². The van der Waals surface area contributed by atoms with Crippen molar-refractivity contribution >= 4 is 0 Å². The van der Waals surface area contributed by atoms with Crippen LogP contribution in [0.5, 0.6) is 0 Å². The van der Waals surface area contributed by atoms with Gasteiger partial charge in [-0.15, -0.1) is 0 Å². The first kappa shape index (κ1) is 14.2. The average Bonchev–Trinajstić information content (AvgIpc) is 3.23. The molecule has 1 aliphatic rings. The number of nitrogens with zero attached hydrogens (tertiary/aromatic N) is 3. The molecule has 0 radical (unpaired) electrons. The Balaban J connectivity index is 1.64. The summed E-state index contributed by atoms with van der Waals surface area (Å²) in [6.45, 7) is 3.55. The van der Waals surface area contributed by atoms with Crippen LogP contribution < -0.4 is 0 Å². The third-order valence-electron chi connectivity index (χ3n) is 3.91. The number of benzene rings is 1. The van der Waals surface area contributed by atoms with E-state index in [0.29, 0.717) is 31.4 Å². The van der Waals surface area contributed by atoms with Crippen LogP contribution in [0.4, 0.5) is 0 Å². The molecule has 0 aliphatic heterocycles. The minimum atomic E-state index is 0.167. The number of hydrogen-bond donors (Lipinski definition) is 1. The van der Waals surface area contributed by atoms with Gasteiger partial charge < -0.3 is 9.63 Å². The third kappa shape index (κ3) is 3.68. The highest BCUT2D eigenvalue weighted by Crippen LogP contribution is 2.27. The van der Waals surface area contributed by atoms with Crippen molar-refractivity contribution in [2.24, 2.45) is 0 Å². The fraction of sp³-hybridized carbons (Fsp3) is 0.500. The van der Waals surface area contributed by atoms with Crippen LogP contribution in [0.3, 0.4) is 0 Å². The van der Waals surface area contributed by atoms with Gasteiger partial charge in [-0.05, 0) is 30.9 Å². The maximum atomic E-state index is 9.11. The molecule has 0 spiro atoms. The lowest BCUT2D eigenvalue weighted by Gasteiger charge is -2.17. The molecule has 0 amide bonds. The van der Waals surface area contributed by atoms with Crippen molar-refractivity contribution in [3.05, 3.63) is 47.1 Å². The van der Waals surface area contributed by atoms with E-state index in [1.807, 2.05) is 12.1 Å². The highest BCUT2D eigenvalue weighted by Gasteiger charge is 2.29. The summed E-state index contributed by atoms with van der Waals surface area (Å²) in [6.07, 6.45) is 3.09. The Bertz CT molecular complexity index is 593. The maximum absolute atomic E-state index is 9.11. The van der Waals surface area contributed by atoms with Crippen molar-refractivity contribution in [2.75, 3.05) is 13.2 Å². The maximum Gasteiger partial charge on any atom is 0.240 e. The number of rotatable bonds is 7. The summed E-state index contributed by atoms with van der Waals surface area (Å²) in [7, 11) is 0. The molecule has 0 unspecified atom stereocenters. The van der Waals surface area contributed by atoms with Crippen LogP contribution in [0.15, 0.2) is 28.8 Å². The number of aryl methyl sites for hydroxylation is 1. The van der Waals surface area contributed by atoms with Crippen LogP contribution in [-0.4, -0.2) is 39.3 Å². The summed E-state index contributed by atoms with van der Waals surface area (Å²) in [5, 5.41) is 13.2. The molecule has 1 aromatic carbocycles. The van der Waals surface area contributed by atoms with Crippen molar-refractivity contribution in [1.82, 2.24) is 15.0 Å². The lowest BCUT2D eigenvalue weighted by molar-refractivity contribution is 0.167. The van der Waals surface area contributed by atoms with Gasteiger partial charge in [0.25, 0.3) is 0 Å². The highest BCUT2D eigenvalue weighted by molar-refractivity contribution is 5.27. The molecule has 0 atom stereocenters. The molecule has 5 heteroatoms. The normalized spacial score (nSPS) is 14.8. The second-order valence-corrected chi connectivity index (χ2v) is 5.63. The Kier molecular flexibility index (Phi) is 4.31. The first-order chi connectivity index (χ1) is 10.3. The molecule has 1 N–H and O–H groups in total. The minimum absolute atomic E-state index is 0.167. The van der Waals surface area contributed by atoms with Gasteiger partial charge in [0.1, 0.15) is 0 Å². The lowest BCUT2D eigenvalue weighted by atomic mass is 10.1. The third-order valence-corrected chi connectivity index (χ3v) is 3.91. The van der Waals surface area contributed by atoms with Crippen molar-refractivity contribution in [3.8, 4) is 0 Å². The first-order valence-electron chi connectivity index (χ1n) is 7.47. The van der Waals surface area contributed by atoms with E-state index >= 15 is 0 Å². The molecule has 1 saturated carbocycles. The summed E-state index contributed by atoms with van der Waals surface area (Å²) in [4.78, 5) is 6.69. The zero-order valence-electron chi connectivity index (χ0n) is 12.3. The molecule has 5 nitrogen and oxygen atoms in total. The van der Waals surface area contributed by atoms with Gasteiger partial charge in [0.05, 0.1) is 13.2 Å². The van der Waals surface area contributed by atoms with E-state index < -0.39 is 0 Å². The molecule has 1 fully saturated rings. The fourth-order valence-corrected chi connectivity index (χ4v) is 2.54. The second-order valence-electron chi connectivity index (χ2n) is 5.63. The van der Waals surface area contributed by atoms with E-state index in [1.165, 1.54) is 24.0 Å². The van der Waals surface area contributed by atoms with Gasteiger partial charge in [-0.25, -0.2) is 0 Å². The van der Waals surface area contributed by atoms with Crippen molar-refractivity contribution < 1.29 is 9.63 Å². The van der Waals surface area contributed by atoms with E-state index in [9.17, 15) is 0 Å². The minimum Gasteiger partial charge on any atom is -0.395 e. The number of aromatic nitrogens is 2. The SMILES string of the molecule is Cc1ccccc1Cc1noc(CN(CCO)C2CC2)n1. The first-order valence-corrected chi connectivity index (χ1v) is 7.47. The van der Waals surface area contributed by atoms with E-state index in [-0.39, 0.29) is 6.61 Å². The van der Waals surface area contributed by atoms with Crippen LogP contribution in [-0.2, 0) is 13.0 Å². The topological polar surface area (TPSA) is 62.4 Å². The largest absolute Gasteiger partial charge is 0.395 e. The Hall–Kier alpha value is -1.72. The van der Waals surface area contributed by atoms with E-state index in [2.05, 4.69) is 34.1 Å². The molecule has 1 aromatic heterocycles. The summed E-state index contributed by atoms with van der Waals surface area (Å²) in [6, 6.07) is 8.81. The fourth-order valence-electron chi connectivity index (χ4n) is 2.54. The molecule has 2 aromatic rings. The molecule has 21 heavy (non-hydrogen) atoms. The van der Waals surface area contributed by atoms with Gasteiger partial charge in [-0.3, -0.25) is 4.90 Å². The zero-order chi connectivity index (χ0) is 14.7. The molecule has 0 saturated heterocycles. The molecule has 3 rings (SSSR count). The van der Waals surface area contributed by atoms with E-state index in [0.717, 1.165) is 5.82 Å². The molecule has 1 heterocycles. The summed E-state index contributed by atoms with van der Waals surface area (Å²) in [5.41, 5.74) is 2.46. The molecule has 1 aliphatic carbocycles. The highest BCUT2D eigenvalue weighted by atomic mass is 16.5. The molecule has 112 valence electrons. The van der Waals surface area contributed by atoms with Crippen LogP contribution in [0.1, 0.15) is 35.7 Å². The van der Waals surface area contributed by atoms with Gasteiger partial charge >= 0.3 is 0 Å². The van der Waals surface area contributed by atoms with Crippen molar-refractivity contribution in [3.63, 3.8) is 0 Å². The number of aliphatic hydroxyl groups excluding tert-OH is 1. The van der Waals surface area contributed by atoms with E-state index in [4.69, 9.17) is 9.63 Å². The van der Waals surface area contributed by atoms with Crippen molar-refractivity contribution in [1.29, 1.82) is 0 Å². The monoisotopic (exact) mass is 287 g/mol. The zero-order valence-corrected chi connectivity index (χ0v) is 12.3. The summed E-state index contributed by atoms with van der Waals surface area (Å²) in [5.74, 6) is 1.36. The summed E-state index contributed by atoms with van der Waals surface area (Å²) >= 11 is 0. The van der Waals surface area contributed by atoms with E-state index in [1.54, 1.807) is 0 Å². The average molecular weight is 287 g/mol. The van der Waals surface area contributed by atoms with Crippen LogP contribution >= 0.6 is 0 Å². The number of aliphatic hydroxyl groups is 1. The van der Waals surface area contributed by atoms with Gasteiger partial charge in [0.15, 0.2) is 5.82 Å². The smallest absolute Gasteiger partial charge is 0.240 e.